The number of benzene rings is 17. The summed E-state index contributed by atoms with van der Waals surface area (Å²) >= 11 is 0. The average Bonchev–Trinajstić information content (AvgIpc) is 1.69. The SMILES string of the molecule is CC1(C)c2cc(-c3c4ccc(N(c5ccccc5)c5ccc6c7c(cccc57)-c5ccccc5-6)cc4c(-c4ccc5c(c4)C(C)(C)c4c-5ccc5ccccc45)c4ccc(N(c5ccccc5)c5ccc6c(c5)C(C)(C)c5cccc7cccc-6c57)cc34)ccc2-c2ccc3ccccc3c21. The maximum Gasteiger partial charge on any atom is 0.0540 e. The molecule has 0 bridgehead atoms. The van der Waals surface area contributed by atoms with Crippen LogP contribution in [0.3, 0.4) is 0 Å². The lowest BCUT2D eigenvalue weighted by Crippen LogP contribution is -2.24. The van der Waals surface area contributed by atoms with Gasteiger partial charge in [0.05, 0.1) is 5.69 Å². The Balaban J connectivity index is 0.858. The molecule has 0 spiro atoms. The fourth-order valence-corrected chi connectivity index (χ4v) is 19.3. The second-order valence-electron chi connectivity index (χ2n) is 30.2. The highest BCUT2D eigenvalue weighted by atomic mass is 15.1. The molecule has 476 valence electrons. The lowest BCUT2D eigenvalue weighted by molar-refractivity contribution is 0.645. The van der Waals surface area contributed by atoms with Crippen LogP contribution in [0.1, 0.15) is 74.9 Å². The number of hydrogen-bond donors (Lipinski definition) is 0. The van der Waals surface area contributed by atoms with E-state index in [4.69, 9.17) is 0 Å². The van der Waals surface area contributed by atoms with Crippen LogP contribution in [0.15, 0.2) is 315 Å². The molecule has 0 unspecified atom stereocenters. The molecule has 2 nitrogen and oxygen atoms in total. The minimum Gasteiger partial charge on any atom is -0.310 e. The molecule has 4 aliphatic carbocycles. The monoisotopic (exact) mass is 1290 g/mol. The second-order valence-corrected chi connectivity index (χ2v) is 30.2. The Hall–Kier alpha value is -12.1. The first-order chi connectivity index (χ1) is 49.4. The fourth-order valence-electron chi connectivity index (χ4n) is 19.3. The molecule has 0 N–H and O–H groups in total. The van der Waals surface area contributed by atoms with Crippen molar-refractivity contribution in [3.8, 4) is 77.9 Å². The molecule has 0 fully saturated rings. The molecule has 0 aromatic heterocycles. The maximum atomic E-state index is 2.57. The van der Waals surface area contributed by atoms with Gasteiger partial charge in [-0.1, -0.05) is 278 Å². The first-order valence-electron chi connectivity index (χ1n) is 35.8. The molecule has 0 atom stereocenters. The Bertz CT molecular complexity index is 6450. The van der Waals surface area contributed by atoms with Crippen molar-refractivity contribution in [2.24, 2.45) is 0 Å². The van der Waals surface area contributed by atoms with Crippen molar-refractivity contribution >= 4 is 98.8 Å². The van der Waals surface area contributed by atoms with Crippen molar-refractivity contribution in [2.75, 3.05) is 9.80 Å². The average molecular weight is 1290 g/mol. The first-order valence-corrected chi connectivity index (χ1v) is 35.8. The number of anilines is 6. The number of nitrogens with zero attached hydrogens (tertiary/aromatic N) is 2. The Morgan fingerprint density at radius 2 is 0.614 bits per heavy atom. The van der Waals surface area contributed by atoms with Gasteiger partial charge in [-0.2, -0.15) is 0 Å². The van der Waals surface area contributed by atoms with Crippen molar-refractivity contribution in [2.45, 2.75) is 57.8 Å². The van der Waals surface area contributed by atoms with Crippen LogP contribution in [-0.2, 0) is 16.2 Å². The van der Waals surface area contributed by atoms with Gasteiger partial charge in [0.25, 0.3) is 0 Å². The van der Waals surface area contributed by atoms with Crippen molar-refractivity contribution in [3.63, 3.8) is 0 Å². The van der Waals surface area contributed by atoms with Gasteiger partial charge in [-0.25, -0.2) is 0 Å². The van der Waals surface area contributed by atoms with E-state index in [9.17, 15) is 0 Å². The molecular weight excluding hydrogens is 1220 g/mol. The van der Waals surface area contributed by atoms with Gasteiger partial charge in [0.15, 0.2) is 0 Å². The molecule has 17 aromatic rings. The molecule has 101 heavy (non-hydrogen) atoms. The largest absolute Gasteiger partial charge is 0.310 e. The third kappa shape index (κ3) is 8.10. The molecule has 21 rings (SSSR count). The first kappa shape index (κ1) is 57.9. The van der Waals surface area contributed by atoms with E-state index in [0.29, 0.717) is 0 Å². The van der Waals surface area contributed by atoms with Crippen LogP contribution in [0, 0.1) is 0 Å². The van der Waals surface area contributed by atoms with Crippen LogP contribution in [-0.4, -0.2) is 0 Å². The highest BCUT2D eigenvalue weighted by Gasteiger charge is 2.40. The van der Waals surface area contributed by atoms with Crippen molar-refractivity contribution in [1.29, 1.82) is 0 Å². The second kappa shape index (κ2) is 21.0. The molecule has 17 aromatic carbocycles. The number of rotatable bonds is 8. The molecule has 0 aliphatic heterocycles. The van der Waals surface area contributed by atoms with E-state index in [-0.39, 0.29) is 16.2 Å². The predicted octanol–water partition coefficient (Wildman–Crippen LogP) is 27.4. The van der Waals surface area contributed by atoms with Crippen LogP contribution in [0.4, 0.5) is 34.1 Å². The predicted molar refractivity (Wildman–Crippen MR) is 429 cm³/mol. The Morgan fingerprint density at radius 3 is 1.21 bits per heavy atom. The zero-order valence-corrected chi connectivity index (χ0v) is 57.4. The summed E-state index contributed by atoms with van der Waals surface area (Å²) in [6, 6.07) is 121. The molecule has 0 saturated heterocycles. The van der Waals surface area contributed by atoms with E-state index in [1.807, 2.05) is 0 Å². The Kier molecular flexibility index (Phi) is 12.0. The summed E-state index contributed by atoms with van der Waals surface area (Å²) in [6.45, 7) is 14.6. The molecule has 0 amide bonds. The molecule has 0 heterocycles. The lowest BCUT2D eigenvalue weighted by atomic mass is 9.68. The minimum absolute atomic E-state index is 0.271. The summed E-state index contributed by atoms with van der Waals surface area (Å²) < 4.78 is 0. The highest BCUT2D eigenvalue weighted by molar-refractivity contribution is 6.24. The van der Waals surface area contributed by atoms with E-state index < -0.39 is 0 Å². The summed E-state index contributed by atoms with van der Waals surface area (Å²) in [5.41, 5.74) is 31.7. The fraction of sp³-hybridized carbons (Fsp3) is 0.0909. The summed E-state index contributed by atoms with van der Waals surface area (Å²) in [6.07, 6.45) is 0. The van der Waals surface area contributed by atoms with Crippen LogP contribution in [0.2, 0.25) is 0 Å². The lowest BCUT2D eigenvalue weighted by Gasteiger charge is -2.36. The van der Waals surface area contributed by atoms with E-state index >= 15 is 0 Å². The molecule has 2 heteroatoms. The van der Waals surface area contributed by atoms with Crippen molar-refractivity contribution in [3.05, 3.63) is 349 Å². The third-order valence-electron chi connectivity index (χ3n) is 23.8. The zero-order chi connectivity index (χ0) is 67.4. The van der Waals surface area contributed by atoms with Gasteiger partial charge >= 0.3 is 0 Å². The van der Waals surface area contributed by atoms with E-state index in [1.165, 1.54) is 176 Å². The number of fused-ring (bicyclic) bond motifs is 17. The molecule has 0 saturated carbocycles. The zero-order valence-electron chi connectivity index (χ0n) is 57.4. The summed E-state index contributed by atoms with van der Waals surface area (Å²) in [7, 11) is 0. The topological polar surface area (TPSA) is 6.48 Å². The minimum atomic E-state index is -0.293. The van der Waals surface area contributed by atoms with Crippen LogP contribution in [0.25, 0.3) is 143 Å². The van der Waals surface area contributed by atoms with Gasteiger partial charge < -0.3 is 9.80 Å². The maximum absolute atomic E-state index is 2.57. The quantitative estimate of drug-likeness (QED) is 0.140. The molecule has 0 radical (unpaired) electrons. The Labute approximate surface area is 589 Å². The smallest absolute Gasteiger partial charge is 0.0540 e. The standard InChI is InChI=1S/C99H70N2/c1-97(2)86-37-20-25-61-24-19-34-77(93(61)86)73-49-42-68(58-89(73)97)100(64-26-9-7-10-27-64)66-43-50-79-84(56-66)91(62-40-45-74-81-47-38-59-22-13-15-30-69(59)95(81)98(3,4)87(74)54-62)80-51-44-67(57-85(80)92(79)63-41-46-75-82-48-39-60-23-14-16-31-70(60)96(82)99(5,6)88(75)55-63)101(65-28-11-8-12-29-65)90-53-52-78-72-33-18-17-32-71(72)76-35-21-36-83(90)94(76)78/h7-58H,1-6H3. The number of hydrogen-bond acceptors (Lipinski definition) is 2. The van der Waals surface area contributed by atoms with Gasteiger partial charge in [0.1, 0.15) is 0 Å². The summed E-state index contributed by atoms with van der Waals surface area (Å²) in [5.74, 6) is 0. The van der Waals surface area contributed by atoms with Gasteiger partial charge in [-0.05, 0) is 249 Å². The number of para-hydroxylation sites is 2. The van der Waals surface area contributed by atoms with Gasteiger partial charge in [0.2, 0.25) is 0 Å². The van der Waals surface area contributed by atoms with Gasteiger partial charge in [-0.3, -0.25) is 0 Å². The highest BCUT2D eigenvalue weighted by Crippen LogP contribution is 2.59. The van der Waals surface area contributed by atoms with Crippen LogP contribution in [0.5, 0.6) is 0 Å². The van der Waals surface area contributed by atoms with Gasteiger partial charge in [0, 0.05) is 50.1 Å². The molecular formula is C99H70N2. The van der Waals surface area contributed by atoms with E-state index in [1.54, 1.807) is 0 Å². The van der Waals surface area contributed by atoms with E-state index in [0.717, 1.165) is 34.1 Å². The normalized spacial score (nSPS) is 14.3. The Morgan fingerprint density at radius 1 is 0.208 bits per heavy atom. The summed E-state index contributed by atoms with van der Waals surface area (Å²) in [5, 5.41) is 15.1. The van der Waals surface area contributed by atoms with Crippen molar-refractivity contribution < 1.29 is 0 Å². The van der Waals surface area contributed by atoms with E-state index in [2.05, 4.69) is 367 Å². The van der Waals surface area contributed by atoms with Crippen LogP contribution < -0.4 is 9.80 Å². The third-order valence-corrected chi connectivity index (χ3v) is 23.8. The summed E-state index contributed by atoms with van der Waals surface area (Å²) in [4.78, 5) is 5.03. The van der Waals surface area contributed by atoms with Crippen molar-refractivity contribution in [1.82, 2.24) is 0 Å². The molecule has 4 aliphatic rings. The van der Waals surface area contributed by atoms with Crippen LogP contribution >= 0.6 is 0 Å². The van der Waals surface area contributed by atoms with Gasteiger partial charge in [-0.15, -0.1) is 0 Å².